The fourth-order valence-electron chi connectivity index (χ4n) is 5.58. The van der Waals surface area contributed by atoms with Gasteiger partial charge in [0.1, 0.15) is 11.6 Å². The lowest BCUT2D eigenvalue weighted by atomic mass is 9.98. The zero-order chi connectivity index (χ0) is 22.4. The highest BCUT2D eigenvalue weighted by Gasteiger charge is 2.31. The summed E-state index contributed by atoms with van der Waals surface area (Å²) in [4.78, 5) is 23.5. The fraction of sp³-hybridized carbons (Fsp3) is 0.480. The minimum absolute atomic E-state index is 0. The van der Waals surface area contributed by atoms with E-state index in [1.165, 1.54) is 17.8 Å². The van der Waals surface area contributed by atoms with Gasteiger partial charge in [-0.15, -0.1) is 12.4 Å². The van der Waals surface area contributed by atoms with Crippen LogP contribution in [0, 0.1) is 5.82 Å². The highest BCUT2D eigenvalue weighted by atomic mass is 35.5. The van der Waals surface area contributed by atoms with Crippen LogP contribution in [0.3, 0.4) is 0 Å². The third-order valence-corrected chi connectivity index (χ3v) is 7.29. The van der Waals surface area contributed by atoms with Crippen LogP contribution in [0.25, 0.3) is 11.0 Å². The molecule has 0 spiro atoms. The summed E-state index contributed by atoms with van der Waals surface area (Å²) in [6.07, 6.45) is 7.36. The Bertz CT molecular complexity index is 1260. The van der Waals surface area contributed by atoms with Crippen molar-refractivity contribution in [3.63, 3.8) is 0 Å². The Balaban J connectivity index is 0.00000241. The molecule has 3 aromatic heterocycles. The van der Waals surface area contributed by atoms with E-state index in [0.717, 1.165) is 69.9 Å². The number of aryl methyl sites for hydroxylation is 1. The maximum Gasteiger partial charge on any atom is 0.251 e. The number of likely N-dealkylation sites (tertiary alicyclic amines) is 1. The van der Waals surface area contributed by atoms with Gasteiger partial charge in [0.05, 0.1) is 35.7 Å². The van der Waals surface area contributed by atoms with Crippen LogP contribution in [0.5, 0.6) is 5.75 Å². The minimum Gasteiger partial charge on any atom is -0.492 e. The van der Waals surface area contributed by atoms with Crippen molar-refractivity contribution in [1.29, 1.82) is 0 Å². The Kier molecular flexibility index (Phi) is 6.55. The van der Waals surface area contributed by atoms with Gasteiger partial charge in [-0.05, 0) is 56.5 Å². The van der Waals surface area contributed by atoms with E-state index in [0.29, 0.717) is 29.2 Å². The van der Waals surface area contributed by atoms with Gasteiger partial charge < -0.3 is 19.5 Å². The van der Waals surface area contributed by atoms with Crippen LogP contribution >= 0.6 is 12.4 Å². The van der Waals surface area contributed by atoms with Gasteiger partial charge in [-0.3, -0.25) is 14.8 Å². The number of fused-ring (bicyclic) bond motifs is 1. The molecule has 34 heavy (non-hydrogen) atoms. The largest absolute Gasteiger partial charge is 0.492 e. The van der Waals surface area contributed by atoms with E-state index in [1.54, 1.807) is 10.6 Å². The van der Waals surface area contributed by atoms with Crippen molar-refractivity contribution in [3.05, 3.63) is 63.6 Å². The topological polar surface area (TPSA) is 72.3 Å². The second-order valence-corrected chi connectivity index (χ2v) is 9.42. The molecule has 1 N–H and O–H groups in total. The second-order valence-electron chi connectivity index (χ2n) is 9.42. The van der Waals surface area contributed by atoms with Crippen LogP contribution in [0.15, 0.2) is 35.4 Å². The molecule has 1 atom stereocenters. The van der Waals surface area contributed by atoms with Crippen LogP contribution in [0.2, 0.25) is 0 Å². The monoisotopic (exact) mass is 485 g/mol. The molecule has 180 valence electrons. The maximum absolute atomic E-state index is 14.7. The summed E-state index contributed by atoms with van der Waals surface area (Å²) in [5, 5.41) is 3.66. The third-order valence-electron chi connectivity index (χ3n) is 7.29. The van der Waals surface area contributed by atoms with Gasteiger partial charge in [-0.25, -0.2) is 4.39 Å². The molecule has 0 saturated carbocycles. The van der Waals surface area contributed by atoms with Gasteiger partial charge in [0.25, 0.3) is 5.56 Å². The minimum atomic E-state index is -0.302. The Morgan fingerprint density at radius 2 is 2.03 bits per heavy atom. The van der Waals surface area contributed by atoms with Crippen molar-refractivity contribution in [2.45, 2.75) is 50.7 Å². The molecule has 1 saturated heterocycles. The molecule has 0 unspecified atom stereocenters. The maximum atomic E-state index is 14.7. The Morgan fingerprint density at radius 3 is 2.88 bits per heavy atom. The molecular formula is C25H29ClFN5O2. The smallest absolute Gasteiger partial charge is 0.251 e. The molecule has 7 nitrogen and oxygen atoms in total. The highest BCUT2D eigenvalue weighted by Crippen LogP contribution is 2.34. The lowest BCUT2D eigenvalue weighted by Crippen LogP contribution is -2.43. The molecule has 1 fully saturated rings. The summed E-state index contributed by atoms with van der Waals surface area (Å²) >= 11 is 0. The number of pyridine rings is 3. The van der Waals surface area contributed by atoms with Crippen molar-refractivity contribution < 1.29 is 9.13 Å². The summed E-state index contributed by atoms with van der Waals surface area (Å²) < 4.78 is 22.0. The van der Waals surface area contributed by atoms with E-state index in [1.807, 2.05) is 6.20 Å². The first kappa shape index (κ1) is 23.2. The van der Waals surface area contributed by atoms with E-state index in [2.05, 4.69) is 26.3 Å². The Hall–Kier alpha value is -2.55. The number of aromatic nitrogens is 3. The number of piperidine rings is 1. The molecule has 3 aromatic rings. The van der Waals surface area contributed by atoms with E-state index in [-0.39, 0.29) is 29.7 Å². The first-order valence-corrected chi connectivity index (χ1v) is 11.9. The molecule has 0 radical (unpaired) electrons. The molecular weight excluding hydrogens is 457 g/mol. The number of rotatable bonds is 5. The normalized spacial score (nSPS) is 20.1. The predicted octanol–water partition coefficient (Wildman–Crippen LogP) is 3.03. The Labute approximate surface area is 203 Å². The number of halogens is 2. The van der Waals surface area contributed by atoms with Gasteiger partial charge in [-0.1, -0.05) is 0 Å². The first-order chi connectivity index (χ1) is 16.2. The number of nitrogens with zero attached hydrogens (tertiary/aromatic N) is 4. The number of hydrogen-bond donors (Lipinski definition) is 1. The van der Waals surface area contributed by atoms with Crippen LogP contribution in [-0.2, 0) is 19.5 Å². The lowest BCUT2D eigenvalue weighted by Gasteiger charge is -2.34. The molecule has 6 heterocycles. The average Bonchev–Trinajstić information content (AvgIpc) is 3.23. The van der Waals surface area contributed by atoms with Gasteiger partial charge in [0.15, 0.2) is 0 Å². The fourth-order valence-corrected chi connectivity index (χ4v) is 5.58. The molecule has 0 amide bonds. The van der Waals surface area contributed by atoms with Crippen molar-refractivity contribution in [1.82, 2.24) is 24.8 Å². The molecule has 3 aliphatic rings. The molecule has 0 aliphatic carbocycles. The summed E-state index contributed by atoms with van der Waals surface area (Å²) in [5.41, 5.74) is 4.26. The zero-order valence-corrected chi connectivity index (χ0v) is 19.8. The van der Waals surface area contributed by atoms with Gasteiger partial charge in [0.2, 0.25) is 0 Å². The summed E-state index contributed by atoms with van der Waals surface area (Å²) in [7, 11) is 0. The standard InChI is InChI=1S/C25H28FN5O2.ClH/c26-20-12-29-21-3-4-23(32)31-15-17(24(20)25(21)31)14-30-7-5-18(6-8-30)27-11-19-10-16-2-1-9-33-22(16)13-28-19;/h3-4,10,12-13,17-18,27H,1-2,5-9,11,14-15H2;1H/t17-;/m1./s1. The van der Waals surface area contributed by atoms with Gasteiger partial charge >= 0.3 is 0 Å². The average molecular weight is 486 g/mol. The van der Waals surface area contributed by atoms with Gasteiger partial charge in [-0.2, -0.15) is 0 Å². The van der Waals surface area contributed by atoms with Crippen LogP contribution in [0.4, 0.5) is 4.39 Å². The quantitative estimate of drug-likeness (QED) is 0.599. The van der Waals surface area contributed by atoms with Crippen molar-refractivity contribution in [2.24, 2.45) is 0 Å². The van der Waals surface area contributed by atoms with Crippen molar-refractivity contribution in [3.8, 4) is 5.75 Å². The number of nitrogens with one attached hydrogen (secondary N) is 1. The van der Waals surface area contributed by atoms with Gasteiger partial charge in [0, 0.05) is 43.2 Å². The highest BCUT2D eigenvalue weighted by molar-refractivity contribution is 5.85. The number of hydrogen-bond acceptors (Lipinski definition) is 6. The second kappa shape index (κ2) is 9.60. The summed E-state index contributed by atoms with van der Waals surface area (Å²) in [5.74, 6) is 0.610. The lowest BCUT2D eigenvalue weighted by molar-refractivity contribution is 0.184. The molecule has 3 aliphatic heterocycles. The van der Waals surface area contributed by atoms with E-state index < -0.39 is 0 Å². The Morgan fingerprint density at radius 1 is 1.18 bits per heavy atom. The van der Waals surface area contributed by atoms with Crippen molar-refractivity contribution >= 4 is 23.4 Å². The SMILES string of the molecule is Cl.O=c1ccc2ncc(F)c3c2n1C[C@H]3CN1CCC(NCc2cc3c(cn2)OCCC3)CC1. The van der Waals surface area contributed by atoms with Crippen LogP contribution in [-0.4, -0.2) is 51.7 Å². The van der Waals surface area contributed by atoms with Crippen LogP contribution < -0.4 is 15.6 Å². The van der Waals surface area contributed by atoms with Crippen molar-refractivity contribution in [2.75, 3.05) is 26.2 Å². The molecule has 0 bridgehead atoms. The number of ether oxygens (including phenoxy) is 1. The van der Waals surface area contributed by atoms with E-state index in [9.17, 15) is 9.18 Å². The predicted molar refractivity (Wildman–Crippen MR) is 130 cm³/mol. The van der Waals surface area contributed by atoms with E-state index >= 15 is 0 Å². The molecule has 9 heteroatoms. The summed E-state index contributed by atoms with van der Waals surface area (Å²) in [6, 6.07) is 5.84. The third kappa shape index (κ3) is 4.30. The first-order valence-electron chi connectivity index (χ1n) is 11.9. The van der Waals surface area contributed by atoms with Crippen LogP contribution in [0.1, 0.15) is 42.0 Å². The van der Waals surface area contributed by atoms with E-state index in [4.69, 9.17) is 4.74 Å². The molecule has 0 aromatic carbocycles. The summed E-state index contributed by atoms with van der Waals surface area (Å²) in [6.45, 7) is 4.75. The zero-order valence-electron chi connectivity index (χ0n) is 19.0. The molecule has 6 rings (SSSR count).